The summed E-state index contributed by atoms with van der Waals surface area (Å²) < 4.78 is 35.3. The minimum absolute atomic E-state index is 0.0769. The number of anilines is 1. The van der Waals surface area contributed by atoms with Gasteiger partial charge in [0.05, 0.1) is 24.9 Å². The normalized spacial score (nSPS) is 14.2. The molecule has 6 N–H and O–H groups in total. The van der Waals surface area contributed by atoms with Crippen molar-refractivity contribution in [1.82, 2.24) is 25.4 Å². The van der Waals surface area contributed by atoms with Gasteiger partial charge in [0.15, 0.2) is 11.6 Å². The predicted molar refractivity (Wildman–Crippen MR) is 204 cm³/mol. The van der Waals surface area contributed by atoms with Crippen LogP contribution in [0, 0.1) is 11.6 Å². The number of halogens is 4. The summed E-state index contributed by atoms with van der Waals surface area (Å²) in [7, 11) is 0. The van der Waals surface area contributed by atoms with E-state index in [-0.39, 0.29) is 31.5 Å². The minimum atomic E-state index is -1.30. The molecule has 15 heteroatoms. The van der Waals surface area contributed by atoms with Crippen LogP contribution in [0.1, 0.15) is 41.7 Å². The Hall–Kier alpha value is -4.95. The highest BCUT2D eigenvalue weighted by molar-refractivity contribution is 6.36. The van der Waals surface area contributed by atoms with Gasteiger partial charge in [-0.2, -0.15) is 0 Å². The summed E-state index contributed by atoms with van der Waals surface area (Å²) in [4.78, 5) is 42.7. The minimum Gasteiger partial charge on any atom is -0.467 e. The number of likely N-dealkylation sites (tertiary alicyclic amines) is 1. The Morgan fingerprint density at radius 3 is 2.35 bits per heavy atom. The predicted octanol–water partition coefficient (Wildman–Crippen LogP) is 6.35. The highest BCUT2D eigenvalue weighted by Crippen LogP contribution is 2.31. The number of rotatable bonds is 15. The van der Waals surface area contributed by atoms with Crippen LogP contribution < -0.4 is 27.0 Å². The van der Waals surface area contributed by atoms with Crippen LogP contribution >= 0.6 is 23.2 Å². The van der Waals surface area contributed by atoms with Gasteiger partial charge in [-0.3, -0.25) is 14.5 Å². The van der Waals surface area contributed by atoms with Crippen molar-refractivity contribution in [2.24, 2.45) is 5.73 Å². The molecule has 0 aliphatic carbocycles. The van der Waals surface area contributed by atoms with Crippen molar-refractivity contribution in [2.45, 2.75) is 57.4 Å². The first-order chi connectivity index (χ1) is 26.1. The van der Waals surface area contributed by atoms with Gasteiger partial charge in [-0.05, 0) is 98.6 Å². The largest absolute Gasteiger partial charge is 0.467 e. The average Bonchev–Trinajstić information content (AvgIpc) is 3.93. The van der Waals surface area contributed by atoms with Crippen LogP contribution in [0.4, 0.5) is 19.3 Å². The fourth-order valence-electron chi connectivity index (χ4n) is 6.59. The third-order valence-electron chi connectivity index (χ3n) is 9.36. The molecule has 1 aliphatic rings. The SMILES string of the molecule is NCC[C@H](NC(=O)[C@H](Cc1ccc(F)c(F)c1)NC(=O)Nc1ccc2c(CN3CCCC3)cn(Cc3c(Cl)cccc3Cl)c2c1)C(=O)NCc1ccco1. The molecule has 0 spiro atoms. The Kier molecular flexibility index (Phi) is 12.9. The molecule has 3 aromatic carbocycles. The molecule has 0 bridgehead atoms. The number of urea groups is 1. The first-order valence-corrected chi connectivity index (χ1v) is 18.4. The van der Waals surface area contributed by atoms with E-state index in [1.165, 1.54) is 12.3 Å². The summed E-state index contributed by atoms with van der Waals surface area (Å²) in [5.74, 6) is -2.89. The highest BCUT2D eigenvalue weighted by Gasteiger charge is 2.28. The van der Waals surface area contributed by atoms with E-state index in [4.69, 9.17) is 33.4 Å². The van der Waals surface area contributed by atoms with Gasteiger partial charge in [-0.1, -0.05) is 41.4 Å². The van der Waals surface area contributed by atoms with Crippen LogP contribution in [0.3, 0.4) is 0 Å². The van der Waals surface area contributed by atoms with Gasteiger partial charge in [-0.25, -0.2) is 13.6 Å². The van der Waals surface area contributed by atoms with Crippen molar-refractivity contribution < 1.29 is 27.6 Å². The Morgan fingerprint density at radius 1 is 0.870 bits per heavy atom. The second-order valence-corrected chi connectivity index (χ2v) is 14.1. The second kappa shape index (κ2) is 17.9. The van der Waals surface area contributed by atoms with E-state index in [0.717, 1.165) is 66.6 Å². The highest BCUT2D eigenvalue weighted by atomic mass is 35.5. The summed E-state index contributed by atoms with van der Waals surface area (Å²) in [6, 6.07) is 14.4. The monoisotopic (exact) mass is 779 g/mol. The van der Waals surface area contributed by atoms with E-state index >= 15 is 0 Å². The molecule has 0 saturated carbocycles. The summed E-state index contributed by atoms with van der Waals surface area (Å²) >= 11 is 13.1. The maximum absolute atomic E-state index is 14.2. The molecule has 284 valence electrons. The summed E-state index contributed by atoms with van der Waals surface area (Å²) in [6.45, 7) is 3.35. The number of nitrogens with zero attached hydrogens (tertiary/aromatic N) is 2. The van der Waals surface area contributed by atoms with Crippen LogP contribution in [0.15, 0.2) is 83.6 Å². The van der Waals surface area contributed by atoms with Crippen molar-refractivity contribution in [3.8, 4) is 0 Å². The second-order valence-electron chi connectivity index (χ2n) is 13.2. The van der Waals surface area contributed by atoms with Gasteiger partial charge in [0.25, 0.3) is 0 Å². The number of nitrogens with one attached hydrogen (secondary N) is 4. The zero-order valence-corrected chi connectivity index (χ0v) is 30.9. The first-order valence-electron chi connectivity index (χ1n) is 17.7. The number of nitrogens with two attached hydrogens (primary N) is 1. The molecule has 0 radical (unpaired) electrons. The Balaban J connectivity index is 1.22. The summed E-state index contributed by atoms with van der Waals surface area (Å²) in [5, 5.41) is 12.9. The molecule has 1 fully saturated rings. The van der Waals surface area contributed by atoms with Gasteiger partial charge in [0, 0.05) is 45.8 Å². The topological polar surface area (TPSA) is 147 Å². The fraction of sp³-hybridized carbons (Fsp3) is 0.308. The number of hydrogen-bond acceptors (Lipinski definition) is 6. The number of hydrogen-bond donors (Lipinski definition) is 5. The maximum Gasteiger partial charge on any atom is 0.319 e. The van der Waals surface area contributed by atoms with E-state index in [2.05, 4.69) is 32.4 Å². The van der Waals surface area contributed by atoms with Crippen molar-refractivity contribution in [1.29, 1.82) is 0 Å². The van der Waals surface area contributed by atoms with Crippen molar-refractivity contribution in [3.63, 3.8) is 0 Å². The third kappa shape index (κ3) is 9.77. The quantitative estimate of drug-likeness (QED) is 0.0838. The standard InChI is InChI=1S/C39H41Cl2F2N7O4/c40-30-6-3-7-31(41)29(30)23-50-22-25(21-49-14-1-2-15-49)28-10-9-26(19-36(28)50)46-39(53)48-35(18-24-8-11-32(42)33(43)17-24)38(52)47-34(12-13-44)37(51)45-20-27-5-4-16-54-27/h3-11,16-17,19,22,34-35H,1-2,12-15,18,20-21,23,44H2,(H,45,51)(H,47,52)(H2,46,48,53)/t34-,35-/m0/s1. The molecule has 6 rings (SSSR count). The number of aromatic nitrogens is 1. The van der Waals surface area contributed by atoms with E-state index in [1.807, 2.05) is 16.7 Å². The fourth-order valence-corrected chi connectivity index (χ4v) is 7.11. The van der Waals surface area contributed by atoms with Crippen LogP contribution in [0.25, 0.3) is 10.9 Å². The molecule has 2 aromatic heterocycles. The molecule has 1 saturated heterocycles. The van der Waals surface area contributed by atoms with E-state index in [9.17, 15) is 23.2 Å². The number of carbonyl (C=O) groups excluding carboxylic acids is 3. The van der Waals surface area contributed by atoms with Crippen LogP contribution in [0.2, 0.25) is 10.0 Å². The summed E-state index contributed by atoms with van der Waals surface area (Å²) in [6.07, 6.45) is 5.74. The number of fused-ring (bicyclic) bond motifs is 1. The zero-order chi connectivity index (χ0) is 38.2. The molecule has 11 nitrogen and oxygen atoms in total. The maximum atomic E-state index is 14.2. The molecule has 3 heterocycles. The number of benzene rings is 3. The van der Waals surface area contributed by atoms with Gasteiger partial charge in [0.2, 0.25) is 11.8 Å². The smallest absolute Gasteiger partial charge is 0.319 e. The lowest BCUT2D eigenvalue weighted by Gasteiger charge is -2.23. The van der Waals surface area contributed by atoms with Gasteiger partial charge in [0.1, 0.15) is 17.8 Å². The number of amides is 4. The van der Waals surface area contributed by atoms with E-state index in [1.54, 1.807) is 36.4 Å². The van der Waals surface area contributed by atoms with Crippen LogP contribution in [-0.2, 0) is 35.6 Å². The molecule has 54 heavy (non-hydrogen) atoms. The molecule has 5 aromatic rings. The van der Waals surface area contributed by atoms with Gasteiger partial charge >= 0.3 is 6.03 Å². The van der Waals surface area contributed by atoms with Gasteiger partial charge < -0.3 is 36.0 Å². The lowest BCUT2D eigenvalue weighted by atomic mass is 10.0. The lowest BCUT2D eigenvalue weighted by Crippen LogP contribution is -2.55. The van der Waals surface area contributed by atoms with Crippen molar-refractivity contribution in [3.05, 3.63) is 123 Å². The van der Waals surface area contributed by atoms with E-state index in [0.29, 0.717) is 28.0 Å². The molecule has 2 atom stereocenters. The van der Waals surface area contributed by atoms with Crippen LogP contribution in [0.5, 0.6) is 0 Å². The number of carbonyl (C=O) groups is 3. The zero-order valence-electron chi connectivity index (χ0n) is 29.3. The first kappa shape index (κ1) is 38.8. The number of furan rings is 1. The molecule has 1 aliphatic heterocycles. The molecule has 4 amide bonds. The molecular formula is C39H41Cl2F2N7O4. The lowest BCUT2D eigenvalue weighted by molar-refractivity contribution is -0.130. The van der Waals surface area contributed by atoms with Gasteiger partial charge in [-0.15, -0.1) is 0 Å². The van der Waals surface area contributed by atoms with Crippen molar-refractivity contribution >= 4 is 57.6 Å². The molecular weight excluding hydrogens is 739 g/mol. The average molecular weight is 781 g/mol. The van der Waals surface area contributed by atoms with E-state index < -0.39 is 41.6 Å². The Labute approximate surface area is 321 Å². The van der Waals surface area contributed by atoms with Crippen LogP contribution in [-0.4, -0.2) is 59.0 Å². The third-order valence-corrected chi connectivity index (χ3v) is 10.1. The Bertz CT molecular complexity index is 2080. The Morgan fingerprint density at radius 2 is 1.65 bits per heavy atom. The van der Waals surface area contributed by atoms with Crippen molar-refractivity contribution in [2.75, 3.05) is 25.0 Å². The molecule has 0 unspecified atom stereocenters. The summed E-state index contributed by atoms with van der Waals surface area (Å²) in [5.41, 5.74) is 9.15.